The van der Waals surface area contributed by atoms with Gasteiger partial charge in [0.05, 0.1) is 6.54 Å². The van der Waals surface area contributed by atoms with Gasteiger partial charge in [-0.05, 0) is 84.2 Å². The van der Waals surface area contributed by atoms with Crippen LogP contribution in [0.4, 0.5) is 0 Å². The molecule has 1 N–H and O–H groups in total. The van der Waals surface area contributed by atoms with E-state index < -0.39 is 0 Å². The van der Waals surface area contributed by atoms with Crippen molar-refractivity contribution < 1.29 is 14.4 Å². The molecule has 0 aromatic heterocycles. The number of nitrogens with zero attached hydrogens (tertiary/aromatic N) is 4. The first-order chi connectivity index (χ1) is 32.6. The molecular formula is C58H117N5O3. The minimum Gasteiger partial charge on any atom is -0.357 e. The molecule has 8 heteroatoms. The van der Waals surface area contributed by atoms with E-state index in [1.807, 2.05) is 0 Å². The molecule has 0 aromatic carbocycles. The van der Waals surface area contributed by atoms with Crippen LogP contribution in [0.3, 0.4) is 0 Å². The predicted octanol–water partition coefficient (Wildman–Crippen LogP) is 15.0. The number of rotatable bonds is 57. The van der Waals surface area contributed by atoms with E-state index in [1.54, 1.807) is 0 Å². The largest absolute Gasteiger partial charge is 0.357 e. The molecular weight excluding hydrogens is 815 g/mol. The van der Waals surface area contributed by atoms with Crippen molar-refractivity contribution in [3.05, 3.63) is 0 Å². The molecule has 0 fully saturated rings. The van der Waals surface area contributed by atoms with Gasteiger partial charge in [0.1, 0.15) is 6.29 Å². The molecule has 0 atom stereocenters. The highest BCUT2D eigenvalue weighted by atomic mass is 16.2. The highest BCUT2D eigenvalue weighted by Gasteiger charge is 2.19. The Hall–Kier alpha value is -1.51. The van der Waals surface area contributed by atoms with E-state index >= 15 is 0 Å². The van der Waals surface area contributed by atoms with Gasteiger partial charge in [0.15, 0.2) is 0 Å². The van der Waals surface area contributed by atoms with Gasteiger partial charge in [0, 0.05) is 39.1 Å². The van der Waals surface area contributed by atoms with Crippen LogP contribution in [0.1, 0.15) is 278 Å². The van der Waals surface area contributed by atoms with Crippen molar-refractivity contribution in [1.29, 1.82) is 0 Å². The van der Waals surface area contributed by atoms with Gasteiger partial charge in [-0.3, -0.25) is 14.5 Å². The summed E-state index contributed by atoms with van der Waals surface area (Å²) in [6.07, 6.45) is 52.1. The van der Waals surface area contributed by atoms with E-state index in [4.69, 9.17) is 0 Å². The van der Waals surface area contributed by atoms with Crippen LogP contribution >= 0.6 is 0 Å². The van der Waals surface area contributed by atoms with Crippen LogP contribution in [0, 0.1) is 0 Å². The van der Waals surface area contributed by atoms with Gasteiger partial charge in [0.25, 0.3) is 0 Å². The molecule has 0 rings (SSSR count). The number of unbranched alkanes of at least 4 members (excludes halogenated alkanes) is 33. The highest BCUT2D eigenvalue weighted by Crippen LogP contribution is 2.15. The van der Waals surface area contributed by atoms with E-state index in [0.717, 1.165) is 84.2 Å². The fraction of sp³-hybridized carbons (Fsp3) is 0.948. The van der Waals surface area contributed by atoms with Crippen molar-refractivity contribution in [2.45, 2.75) is 278 Å². The second-order valence-electron chi connectivity index (χ2n) is 20.4. The number of carbonyl (C=O) groups excluding carboxylic acids is 3. The number of hydrogen-bond acceptors (Lipinski definition) is 6. The second kappa shape index (κ2) is 54.4. The lowest BCUT2D eigenvalue weighted by molar-refractivity contribution is -0.132. The van der Waals surface area contributed by atoms with Gasteiger partial charge >= 0.3 is 0 Å². The molecule has 0 aliphatic rings. The first kappa shape index (κ1) is 64.5. The van der Waals surface area contributed by atoms with Crippen molar-refractivity contribution in [3.63, 3.8) is 0 Å². The Morgan fingerprint density at radius 3 is 1.00 bits per heavy atom. The minimum atomic E-state index is 0.225. The fourth-order valence-electron chi connectivity index (χ4n) is 9.59. The lowest BCUT2D eigenvalue weighted by Gasteiger charge is -2.31. The molecule has 2 amide bonds. The number of aldehydes is 1. The summed E-state index contributed by atoms with van der Waals surface area (Å²) in [5.41, 5.74) is 0. The fourth-order valence-corrected chi connectivity index (χ4v) is 9.59. The summed E-state index contributed by atoms with van der Waals surface area (Å²) in [6, 6.07) is 0. The number of carbonyl (C=O) groups is 3. The summed E-state index contributed by atoms with van der Waals surface area (Å²) in [5, 5.41) is 2.86. The second-order valence-corrected chi connectivity index (χ2v) is 20.4. The van der Waals surface area contributed by atoms with Gasteiger partial charge < -0.3 is 24.8 Å². The molecule has 8 nitrogen and oxygen atoms in total. The molecule has 0 aliphatic heterocycles. The molecule has 0 aliphatic carbocycles. The Morgan fingerprint density at radius 2 is 0.636 bits per heavy atom. The molecule has 0 heterocycles. The van der Waals surface area contributed by atoms with Crippen LogP contribution in [-0.2, 0) is 14.4 Å². The van der Waals surface area contributed by atoms with Gasteiger partial charge in [-0.15, -0.1) is 0 Å². The van der Waals surface area contributed by atoms with Crippen LogP contribution in [0.5, 0.6) is 0 Å². The lowest BCUT2D eigenvalue weighted by Crippen LogP contribution is -2.46. The van der Waals surface area contributed by atoms with Crippen molar-refractivity contribution >= 4 is 18.6 Å². The molecule has 392 valence electrons. The topological polar surface area (TPSA) is 76.2 Å². The van der Waals surface area contributed by atoms with Crippen LogP contribution in [0.15, 0.2) is 0 Å². The van der Waals surface area contributed by atoms with E-state index in [0.29, 0.717) is 26.1 Å². The monoisotopic (exact) mass is 932 g/mol. The summed E-state index contributed by atoms with van der Waals surface area (Å²) in [5.74, 6) is 0.225. The standard InChI is InChI=1S/C58H117N5O3/c1-5-9-13-17-21-22-23-24-25-28-33-37-45-60(46-38-34-29-30-36-42-55-64)50-43-51-63(52-44-59-57-65)58(66)56-62(49-41-35-27-19-15-11-7-3)54-53-61(47-39-31-20-16-12-8-4)48-40-32-26-18-14-10-6-2/h55,57H,5-54,56H2,1-4H3,(H,59,65). The number of nitrogens with one attached hydrogen (secondary N) is 1. The molecule has 66 heavy (non-hydrogen) atoms. The van der Waals surface area contributed by atoms with Crippen molar-refractivity contribution in [3.8, 4) is 0 Å². The number of hydrogen-bond donors (Lipinski definition) is 1. The molecule has 0 aromatic rings. The molecule has 0 unspecified atom stereocenters. The van der Waals surface area contributed by atoms with Gasteiger partial charge in [-0.1, -0.05) is 227 Å². The van der Waals surface area contributed by atoms with Crippen LogP contribution in [0.2, 0.25) is 0 Å². The Labute approximate surface area is 413 Å². The lowest BCUT2D eigenvalue weighted by atomic mass is 10.1. The zero-order chi connectivity index (χ0) is 48.1. The maximum Gasteiger partial charge on any atom is 0.236 e. The molecule has 0 spiro atoms. The third-order valence-corrected chi connectivity index (χ3v) is 14.1. The average Bonchev–Trinajstić information content (AvgIpc) is 3.32. The number of amides is 2. The van der Waals surface area contributed by atoms with Gasteiger partial charge in [-0.2, -0.15) is 0 Å². The highest BCUT2D eigenvalue weighted by molar-refractivity contribution is 5.78. The Bertz CT molecular complexity index is 984. The van der Waals surface area contributed by atoms with E-state index in [-0.39, 0.29) is 5.91 Å². The summed E-state index contributed by atoms with van der Waals surface area (Å²) in [6.45, 7) is 20.1. The first-order valence-corrected chi connectivity index (χ1v) is 29.6. The van der Waals surface area contributed by atoms with Gasteiger partial charge in [-0.25, -0.2) is 0 Å². The first-order valence-electron chi connectivity index (χ1n) is 29.6. The van der Waals surface area contributed by atoms with Crippen LogP contribution in [-0.4, -0.2) is 117 Å². The predicted molar refractivity (Wildman–Crippen MR) is 289 cm³/mol. The van der Waals surface area contributed by atoms with Crippen molar-refractivity contribution in [2.24, 2.45) is 0 Å². The van der Waals surface area contributed by atoms with Gasteiger partial charge in [0.2, 0.25) is 12.3 Å². The van der Waals surface area contributed by atoms with Crippen LogP contribution < -0.4 is 5.32 Å². The van der Waals surface area contributed by atoms with Crippen molar-refractivity contribution in [1.82, 2.24) is 24.9 Å². The summed E-state index contributed by atoms with van der Waals surface area (Å²) >= 11 is 0. The average molecular weight is 933 g/mol. The zero-order valence-electron chi connectivity index (χ0n) is 45.2. The van der Waals surface area contributed by atoms with E-state index in [1.165, 1.54) is 231 Å². The Morgan fingerprint density at radius 1 is 0.333 bits per heavy atom. The maximum absolute atomic E-state index is 14.3. The van der Waals surface area contributed by atoms with E-state index in [2.05, 4.69) is 52.6 Å². The van der Waals surface area contributed by atoms with Crippen molar-refractivity contribution in [2.75, 3.05) is 78.5 Å². The third kappa shape index (κ3) is 46.2. The quantitative estimate of drug-likeness (QED) is 0.0484. The molecule has 0 radical (unpaired) electrons. The normalized spacial score (nSPS) is 11.7. The zero-order valence-corrected chi connectivity index (χ0v) is 45.2. The summed E-state index contributed by atoms with van der Waals surface area (Å²) in [7, 11) is 0. The maximum atomic E-state index is 14.3. The SMILES string of the molecule is CCCCCCCCCCCCCCN(CCCCCCCC=O)CCCN(CCNC=O)C(=O)CN(CCCCCCCCC)CCN(CCCCCCCC)CCCCCCCCC. The van der Waals surface area contributed by atoms with E-state index in [9.17, 15) is 14.4 Å². The minimum absolute atomic E-state index is 0.225. The summed E-state index contributed by atoms with van der Waals surface area (Å²) < 4.78 is 0. The molecule has 0 saturated heterocycles. The summed E-state index contributed by atoms with van der Waals surface area (Å²) in [4.78, 5) is 46.4. The Kier molecular flexibility index (Phi) is 53.2. The molecule has 0 saturated carbocycles. The Balaban J connectivity index is 5.56. The molecule has 0 bridgehead atoms. The van der Waals surface area contributed by atoms with Crippen LogP contribution in [0.25, 0.3) is 0 Å². The smallest absolute Gasteiger partial charge is 0.236 e. The third-order valence-electron chi connectivity index (χ3n) is 14.1.